The number of hydrogen-bond donors (Lipinski definition) is 2. The third-order valence-corrected chi connectivity index (χ3v) is 4.87. The SMILES string of the molecule is CCOCC(=O)N1CCN(C2CC(=O)NNC2c2ccccc2)CC1. The van der Waals surface area contributed by atoms with E-state index < -0.39 is 0 Å². The summed E-state index contributed by atoms with van der Waals surface area (Å²) in [7, 11) is 0. The van der Waals surface area contributed by atoms with E-state index in [0.717, 1.165) is 18.7 Å². The Kier molecular flexibility index (Phi) is 6.01. The zero-order valence-electron chi connectivity index (χ0n) is 14.6. The van der Waals surface area contributed by atoms with Crippen molar-refractivity contribution in [2.24, 2.45) is 0 Å². The topological polar surface area (TPSA) is 73.9 Å². The number of benzene rings is 1. The van der Waals surface area contributed by atoms with E-state index in [-0.39, 0.29) is 30.5 Å². The molecule has 2 fully saturated rings. The average molecular weight is 346 g/mol. The summed E-state index contributed by atoms with van der Waals surface area (Å²) in [6, 6.07) is 10.3. The number of hydrazine groups is 1. The normalized spacial score (nSPS) is 24.8. The van der Waals surface area contributed by atoms with Gasteiger partial charge in [0.1, 0.15) is 6.61 Å². The summed E-state index contributed by atoms with van der Waals surface area (Å²) in [5, 5.41) is 0. The Labute approximate surface area is 148 Å². The summed E-state index contributed by atoms with van der Waals surface area (Å²) in [5.41, 5.74) is 7.06. The molecule has 2 aliphatic rings. The van der Waals surface area contributed by atoms with Crippen LogP contribution in [0.25, 0.3) is 0 Å². The van der Waals surface area contributed by atoms with Crippen LogP contribution in [-0.2, 0) is 14.3 Å². The van der Waals surface area contributed by atoms with Gasteiger partial charge in [0.2, 0.25) is 11.8 Å². The van der Waals surface area contributed by atoms with Crippen LogP contribution in [0.5, 0.6) is 0 Å². The highest BCUT2D eigenvalue weighted by atomic mass is 16.5. The molecule has 0 bridgehead atoms. The quantitative estimate of drug-likeness (QED) is 0.802. The van der Waals surface area contributed by atoms with Gasteiger partial charge in [0.15, 0.2) is 0 Å². The maximum Gasteiger partial charge on any atom is 0.248 e. The predicted molar refractivity (Wildman–Crippen MR) is 93.5 cm³/mol. The molecular formula is C18H26N4O3. The Morgan fingerprint density at radius 1 is 1.20 bits per heavy atom. The molecule has 3 rings (SSSR count). The second-order valence-corrected chi connectivity index (χ2v) is 6.41. The minimum absolute atomic E-state index is 0.00651. The first-order chi connectivity index (χ1) is 12.2. The van der Waals surface area contributed by atoms with E-state index in [1.165, 1.54) is 0 Å². The van der Waals surface area contributed by atoms with Crippen LogP contribution >= 0.6 is 0 Å². The van der Waals surface area contributed by atoms with Crippen molar-refractivity contribution in [2.45, 2.75) is 25.4 Å². The number of hydrogen-bond acceptors (Lipinski definition) is 5. The zero-order chi connectivity index (χ0) is 17.6. The first-order valence-corrected chi connectivity index (χ1v) is 8.88. The molecule has 7 nitrogen and oxygen atoms in total. The molecule has 25 heavy (non-hydrogen) atoms. The van der Waals surface area contributed by atoms with Crippen molar-refractivity contribution in [1.29, 1.82) is 0 Å². The van der Waals surface area contributed by atoms with Crippen LogP contribution in [0.15, 0.2) is 30.3 Å². The van der Waals surface area contributed by atoms with Gasteiger partial charge in [-0.1, -0.05) is 30.3 Å². The third kappa shape index (κ3) is 4.36. The lowest BCUT2D eigenvalue weighted by Gasteiger charge is -2.44. The second kappa shape index (κ2) is 8.42. The fraction of sp³-hybridized carbons (Fsp3) is 0.556. The number of piperazine rings is 1. The monoisotopic (exact) mass is 346 g/mol. The molecule has 136 valence electrons. The van der Waals surface area contributed by atoms with Crippen molar-refractivity contribution >= 4 is 11.8 Å². The highest BCUT2D eigenvalue weighted by molar-refractivity contribution is 5.78. The molecule has 2 N–H and O–H groups in total. The number of nitrogens with zero attached hydrogens (tertiary/aromatic N) is 2. The number of ether oxygens (including phenoxy) is 1. The van der Waals surface area contributed by atoms with Gasteiger partial charge < -0.3 is 9.64 Å². The zero-order valence-corrected chi connectivity index (χ0v) is 14.6. The summed E-state index contributed by atoms with van der Waals surface area (Å²) < 4.78 is 5.21. The molecular weight excluding hydrogens is 320 g/mol. The molecule has 1 aromatic rings. The Balaban J connectivity index is 1.63. The van der Waals surface area contributed by atoms with Gasteiger partial charge in [0.25, 0.3) is 0 Å². The molecule has 2 unspecified atom stereocenters. The van der Waals surface area contributed by atoms with Gasteiger partial charge in [-0.25, -0.2) is 5.43 Å². The summed E-state index contributed by atoms with van der Waals surface area (Å²) in [4.78, 5) is 28.1. The maximum atomic E-state index is 12.1. The fourth-order valence-corrected chi connectivity index (χ4v) is 3.50. The van der Waals surface area contributed by atoms with Crippen LogP contribution in [0, 0.1) is 0 Å². The molecule has 0 aromatic heterocycles. The van der Waals surface area contributed by atoms with Crippen molar-refractivity contribution in [1.82, 2.24) is 20.7 Å². The van der Waals surface area contributed by atoms with Crippen LogP contribution in [0.1, 0.15) is 24.9 Å². The number of amides is 2. The Bertz CT molecular complexity index is 587. The van der Waals surface area contributed by atoms with E-state index >= 15 is 0 Å². The standard InChI is InChI=1S/C18H26N4O3/c1-2-25-13-17(24)22-10-8-21(9-11-22)15-12-16(23)19-20-18(15)14-6-4-3-5-7-14/h3-7,15,18,20H,2,8-13H2,1H3,(H,19,23). The van der Waals surface area contributed by atoms with Gasteiger partial charge in [-0.2, -0.15) is 0 Å². The minimum Gasteiger partial charge on any atom is -0.372 e. The van der Waals surface area contributed by atoms with Gasteiger partial charge >= 0.3 is 0 Å². The van der Waals surface area contributed by atoms with Gasteiger partial charge in [-0.3, -0.25) is 19.9 Å². The fourth-order valence-electron chi connectivity index (χ4n) is 3.50. The Hall–Kier alpha value is -1.96. The minimum atomic E-state index is 0.00651. The number of nitrogens with one attached hydrogen (secondary N) is 2. The highest BCUT2D eigenvalue weighted by Gasteiger charge is 2.36. The average Bonchev–Trinajstić information content (AvgIpc) is 2.67. The molecule has 0 radical (unpaired) electrons. The van der Waals surface area contributed by atoms with E-state index in [1.807, 2.05) is 30.0 Å². The van der Waals surface area contributed by atoms with E-state index in [9.17, 15) is 9.59 Å². The van der Waals surface area contributed by atoms with Crippen LogP contribution in [0.4, 0.5) is 0 Å². The third-order valence-electron chi connectivity index (χ3n) is 4.87. The van der Waals surface area contributed by atoms with Crippen molar-refractivity contribution in [3.63, 3.8) is 0 Å². The molecule has 0 spiro atoms. The van der Waals surface area contributed by atoms with Crippen molar-refractivity contribution < 1.29 is 14.3 Å². The first kappa shape index (κ1) is 17.8. The van der Waals surface area contributed by atoms with E-state index in [4.69, 9.17) is 4.74 Å². The Morgan fingerprint density at radius 3 is 2.60 bits per heavy atom. The number of rotatable bonds is 5. The largest absolute Gasteiger partial charge is 0.372 e. The molecule has 7 heteroatoms. The van der Waals surface area contributed by atoms with Gasteiger partial charge in [-0.15, -0.1) is 0 Å². The number of carbonyl (C=O) groups is 2. The highest BCUT2D eigenvalue weighted by Crippen LogP contribution is 2.26. The first-order valence-electron chi connectivity index (χ1n) is 8.88. The van der Waals surface area contributed by atoms with Crippen molar-refractivity contribution in [2.75, 3.05) is 39.4 Å². The molecule has 2 atom stereocenters. The molecule has 2 amide bonds. The molecule has 2 aliphatic heterocycles. The van der Waals surface area contributed by atoms with Gasteiger partial charge in [-0.05, 0) is 12.5 Å². The maximum absolute atomic E-state index is 12.1. The second-order valence-electron chi connectivity index (χ2n) is 6.41. The molecule has 2 heterocycles. The lowest BCUT2D eigenvalue weighted by Crippen LogP contribution is -2.61. The van der Waals surface area contributed by atoms with Crippen molar-refractivity contribution in [3.05, 3.63) is 35.9 Å². The Morgan fingerprint density at radius 2 is 1.92 bits per heavy atom. The summed E-state index contributed by atoms with van der Waals surface area (Å²) in [6.07, 6.45) is 0.458. The number of carbonyl (C=O) groups excluding carboxylic acids is 2. The van der Waals surface area contributed by atoms with E-state index in [1.54, 1.807) is 0 Å². The van der Waals surface area contributed by atoms with Gasteiger partial charge in [0, 0.05) is 45.2 Å². The molecule has 1 aromatic carbocycles. The van der Waals surface area contributed by atoms with Crippen molar-refractivity contribution in [3.8, 4) is 0 Å². The smallest absolute Gasteiger partial charge is 0.248 e. The molecule has 0 aliphatic carbocycles. The van der Waals surface area contributed by atoms with Gasteiger partial charge in [0.05, 0.1) is 6.04 Å². The summed E-state index contributed by atoms with van der Waals surface area (Å²) >= 11 is 0. The molecule has 0 saturated carbocycles. The van der Waals surface area contributed by atoms with Crippen LogP contribution in [0.3, 0.4) is 0 Å². The lowest BCUT2D eigenvalue weighted by atomic mass is 9.93. The van der Waals surface area contributed by atoms with E-state index in [0.29, 0.717) is 26.1 Å². The lowest BCUT2D eigenvalue weighted by molar-refractivity contribution is -0.139. The van der Waals surface area contributed by atoms with Crippen LogP contribution < -0.4 is 10.9 Å². The summed E-state index contributed by atoms with van der Waals surface area (Å²) in [5.74, 6) is 0.0488. The van der Waals surface area contributed by atoms with Crippen LogP contribution in [-0.4, -0.2) is 67.0 Å². The van der Waals surface area contributed by atoms with E-state index in [2.05, 4.69) is 27.9 Å². The summed E-state index contributed by atoms with van der Waals surface area (Å²) in [6.45, 7) is 5.46. The van der Waals surface area contributed by atoms with Crippen LogP contribution in [0.2, 0.25) is 0 Å². The molecule has 2 saturated heterocycles. The predicted octanol–water partition coefficient (Wildman–Crippen LogP) is 0.302.